The van der Waals surface area contributed by atoms with E-state index in [2.05, 4.69) is 4.98 Å². The Balaban J connectivity index is 1.64. The molecule has 6 nitrogen and oxygen atoms in total. The lowest BCUT2D eigenvalue weighted by atomic mass is 9.98. The Labute approximate surface area is 216 Å². The summed E-state index contributed by atoms with van der Waals surface area (Å²) < 4.78 is 51.3. The molecule has 0 spiro atoms. The minimum atomic E-state index is -4.60. The third-order valence-electron chi connectivity index (χ3n) is 5.76. The Kier molecular flexibility index (Phi) is 7.77. The predicted octanol–water partition coefficient (Wildman–Crippen LogP) is 6.21. The van der Waals surface area contributed by atoms with Crippen molar-refractivity contribution in [3.63, 3.8) is 0 Å². The molecule has 0 saturated heterocycles. The lowest BCUT2D eigenvalue weighted by molar-refractivity contribution is -0.138. The number of nitrogens with one attached hydrogen (secondary N) is 1. The number of benzene rings is 3. The number of aromatic amines is 1. The normalized spacial score (nSPS) is 11.4. The van der Waals surface area contributed by atoms with Gasteiger partial charge in [0, 0.05) is 22.4 Å². The number of primary amides is 1. The average Bonchev–Trinajstić information content (AvgIpc) is 3.32. The van der Waals surface area contributed by atoms with Gasteiger partial charge in [-0.05, 0) is 72.6 Å². The number of nitrogens with two attached hydrogens (primary N) is 1. The summed E-state index contributed by atoms with van der Waals surface area (Å²) in [7, 11) is 3.17. The second kappa shape index (κ2) is 11.0. The molecule has 4 aromatic rings. The maximum absolute atomic E-state index is 13.6. The van der Waals surface area contributed by atoms with Gasteiger partial charge in [0.05, 0.1) is 31.2 Å². The fraction of sp³-hybridized carbons (Fsp3) is 0.185. The number of thioether (sulfide) groups is 1. The molecule has 0 radical (unpaired) electrons. The van der Waals surface area contributed by atoms with Gasteiger partial charge in [0.25, 0.3) is 0 Å². The highest BCUT2D eigenvalue weighted by molar-refractivity contribution is 7.99. The molecule has 0 aliphatic rings. The van der Waals surface area contributed by atoms with Crippen LogP contribution in [-0.4, -0.2) is 35.8 Å². The molecule has 0 aliphatic heterocycles. The van der Waals surface area contributed by atoms with E-state index in [1.807, 2.05) is 48.5 Å². The molecule has 10 heteroatoms. The molecule has 0 bridgehead atoms. The first-order valence-electron chi connectivity index (χ1n) is 11.2. The Morgan fingerprint density at radius 3 is 2.08 bits per heavy atom. The van der Waals surface area contributed by atoms with Crippen molar-refractivity contribution in [1.82, 2.24) is 9.97 Å². The zero-order chi connectivity index (χ0) is 26.6. The Hall–Kier alpha value is -3.92. The number of H-pyrrole nitrogens is 1. The first kappa shape index (κ1) is 26.2. The van der Waals surface area contributed by atoms with Gasteiger partial charge in [-0.3, -0.25) is 4.79 Å². The van der Waals surface area contributed by atoms with Gasteiger partial charge in [0.2, 0.25) is 5.91 Å². The lowest BCUT2D eigenvalue weighted by Crippen LogP contribution is -2.18. The molecule has 0 atom stereocenters. The van der Waals surface area contributed by atoms with Crippen molar-refractivity contribution in [2.45, 2.75) is 17.8 Å². The fourth-order valence-electron chi connectivity index (χ4n) is 3.95. The highest BCUT2D eigenvalue weighted by Gasteiger charge is 2.34. The van der Waals surface area contributed by atoms with Crippen molar-refractivity contribution >= 4 is 17.7 Å². The van der Waals surface area contributed by atoms with Gasteiger partial charge in [-0.2, -0.15) is 13.2 Å². The van der Waals surface area contributed by atoms with E-state index >= 15 is 0 Å². The van der Waals surface area contributed by atoms with Gasteiger partial charge >= 0.3 is 6.18 Å². The minimum Gasteiger partial charge on any atom is -0.497 e. The summed E-state index contributed by atoms with van der Waals surface area (Å²) in [5.41, 5.74) is 7.39. The number of aromatic nitrogens is 2. The number of amides is 1. The van der Waals surface area contributed by atoms with Crippen molar-refractivity contribution in [3.05, 3.63) is 83.4 Å². The molecule has 1 amide bonds. The number of imidazole rings is 1. The molecule has 0 fully saturated rings. The van der Waals surface area contributed by atoms with E-state index in [0.29, 0.717) is 22.3 Å². The third kappa shape index (κ3) is 5.91. The molecule has 0 unspecified atom stereocenters. The number of ether oxygens (including phenoxy) is 2. The van der Waals surface area contributed by atoms with Gasteiger partial charge < -0.3 is 20.2 Å². The molecule has 4 rings (SSSR count). The third-order valence-corrected chi connectivity index (χ3v) is 6.64. The first-order valence-corrected chi connectivity index (χ1v) is 12.2. The summed E-state index contributed by atoms with van der Waals surface area (Å²) in [6.45, 7) is 0. The van der Waals surface area contributed by atoms with Crippen LogP contribution in [0.2, 0.25) is 0 Å². The second-order valence-corrected chi connectivity index (χ2v) is 9.10. The molecule has 3 aromatic carbocycles. The van der Waals surface area contributed by atoms with Crippen LogP contribution in [0.1, 0.15) is 21.5 Å². The Morgan fingerprint density at radius 2 is 1.54 bits per heavy atom. The highest BCUT2D eigenvalue weighted by atomic mass is 32.2. The van der Waals surface area contributed by atoms with Crippen molar-refractivity contribution < 1.29 is 27.4 Å². The van der Waals surface area contributed by atoms with E-state index < -0.39 is 17.6 Å². The smallest absolute Gasteiger partial charge is 0.416 e. The van der Waals surface area contributed by atoms with E-state index in [1.54, 1.807) is 14.2 Å². The zero-order valence-electron chi connectivity index (χ0n) is 20.1. The summed E-state index contributed by atoms with van der Waals surface area (Å²) >= 11 is 1.26. The Morgan fingerprint density at radius 1 is 0.946 bits per heavy atom. The number of methoxy groups -OCH3 is 2. The van der Waals surface area contributed by atoms with Gasteiger partial charge in [-0.25, -0.2) is 4.98 Å². The van der Waals surface area contributed by atoms with Gasteiger partial charge in [-0.15, -0.1) is 0 Å². The predicted molar refractivity (Wildman–Crippen MR) is 137 cm³/mol. The van der Waals surface area contributed by atoms with Crippen LogP contribution in [0, 0.1) is 0 Å². The fourth-order valence-corrected chi connectivity index (χ4v) is 4.78. The van der Waals surface area contributed by atoms with Crippen LogP contribution in [0.5, 0.6) is 11.5 Å². The number of carbonyl (C=O) groups is 1. The van der Waals surface area contributed by atoms with E-state index in [1.165, 1.54) is 23.9 Å². The maximum Gasteiger partial charge on any atom is 0.416 e. The molecule has 37 heavy (non-hydrogen) atoms. The minimum absolute atomic E-state index is 0.0188. The van der Waals surface area contributed by atoms with Crippen LogP contribution in [0.15, 0.2) is 71.9 Å². The Bertz CT molecular complexity index is 1320. The van der Waals surface area contributed by atoms with Crippen LogP contribution >= 0.6 is 11.8 Å². The molecule has 3 N–H and O–H groups in total. The van der Waals surface area contributed by atoms with E-state index in [0.717, 1.165) is 22.9 Å². The average molecular weight is 528 g/mol. The quantitative estimate of drug-likeness (QED) is 0.253. The van der Waals surface area contributed by atoms with Gasteiger partial charge in [0.1, 0.15) is 11.5 Å². The second-order valence-electron chi connectivity index (χ2n) is 8.01. The van der Waals surface area contributed by atoms with E-state index in [-0.39, 0.29) is 23.3 Å². The molecular formula is C27H24F3N3O3S. The largest absolute Gasteiger partial charge is 0.497 e. The van der Waals surface area contributed by atoms with Crippen LogP contribution in [-0.2, 0) is 12.6 Å². The SMILES string of the molecule is COc1ccc(-c2nc(SCCc3c(C(N)=O)cccc3C(F)(F)F)[nH]c2-c2ccc(OC)cc2)cc1. The highest BCUT2D eigenvalue weighted by Crippen LogP contribution is 2.36. The monoisotopic (exact) mass is 527 g/mol. The van der Waals surface area contributed by atoms with Crippen molar-refractivity contribution in [2.24, 2.45) is 5.73 Å². The van der Waals surface area contributed by atoms with Crippen LogP contribution < -0.4 is 15.2 Å². The topological polar surface area (TPSA) is 90.2 Å². The summed E-state index contributed by atoms with van der Waals surface area (Å²) in [5, 5.41) is 0.529. The zero-order valence-corrected chi connectivity index (χ0v) is 20.9. The van der Waals surface area contributed by atoms with Crippen molar-refractivity contribution in [3.8, 4) is 34.0 Å². The molecule has 0 aliphatic carbocycles. The molecule has 1 aromatic heterocycles. The maximum atomic E-state index is 13.6. The summed E-state index contributed by atoms with van der Waals surface area (Å²) in [4.78, 5) is 19.8. The van der Waals surface area contributed by atoms with Crippen LogP contribution in [0.3, 0.4) is 0 Å². The number of rotatable bonds is 9. The number of nitrogens with zero attached hydrogens (tertiary/aromatic N) is 1. The summed E-state index contributed by atoms with van der Waals surface area (Å²) in [6, 6.07) is 18.3. The number of alkyl halides is 3. The molecule has 0 saturated carbocycles. The van der Waals surface area contributed by atoms with Crippen molar-refractivity contribution in [2.75, 3.05) is 20.0 Å². The van der Waals surface area contributed by atoms with E-state index in [4.69, 9.17) is 20.2 Å². The molecular weight excluding hydrogens is 503 g/mol. The number of halogens is 3. The standard InChI is InChI=1S/C27H24F3N3O3S/c1-35-18-10-6-16(7-11-18)23-24(17-8-12-19(36-2)13-9-17)33-26(32-23)37-15-14-20-21(25(31)34)4-3-5-22(20)27(28,29)30/h3-13H,14-15H2,1-2H3,(H2,31,34)(H,32,33). The van der Waals surface area contributed by atoms with E-state index in [9.17, 15) is 18.0 Å². The summed E-state index contributed by atoms with van der Waals surface area (Å²) in [6.07, 6.45) is -4.62. The lowest BCUT2D eigenvalue weighted by Gasteiger charge is -2.15. The van der Waals surface area contributed by atoms with Crippen LogP contribution in [0.25, 0.3) is 22.5 Å². The molecule has 192 valence electrons. The van der Waals surface area contributed by atoms with Gasteiger partial charge in [0.15, 0.2) is 5.16 Å². The van der Waals surface area contributed by atoms with Gasteiger partial charge in [-0.1, -0.05) is 17.8 Å². The molecule has 1 heterocycles. The van der Waals surface area contributed by atoms with Crippen LogP contribution in [0.4, 0.5) is 13.2 Å². The first-order chi connectivity index (χ1) is 17.7. The number of hydrogen-bond donors (Lipinski definition) is 2. The summed E-state index contributed by atoms with van der Waals surface area (Å²) in [5.74, 6) is 0.754. The number of hydrogen-bond acceptors (Lipinski definition) is 5. The van der Waals surface area contributed by atoms with Crippen molar-refractivity contribution in [1.29, 1.82) is 0 Å². The number of carbonyl (C=O) groups excluding carboxylic acids is 1.